The van der Waals surface area contributed by atoms with Crippen molar-refractivity contribution >= 4 is 6.72 Å². The fraction of sp³-hybridized carbons (Fsp3) is 0.857. The molecule has 0 aromatic heterocycles. The van der Waals surface area contributed by atoms with Crippen molar-refractivity contribution in [3.63, 3.8) is 0 Å². The molecule has 0 aliphatic heterocycles. The monoisotopic (exact) mass is 128 g/mol. The van der Waals surface area contributed by atoms with Gasteiger partial charge in [-0.15, -0.1) is 0 Å². The Morgan fingerprint density at radius 3 is 2.44 bits per heavy atom. The Hall–Kier alpha value is -0.370. The van der Waals surface area contributed by atoms with E-state index in [1.165, 1.54) is 0 Å². The zero-order valence-corrected chi connectivity index (χ0v) is 6.59. The summed E-state index contributed by atoms with van der Waals surface area (Å²) < 4.78 is 0. The number of aliphatic imine (C=N–C) groups is 1. The Labute approximate surface area is 57.6 Å². The van der Waals surface area contributed by atoms with Gasteiger partial charge < -0.3 is 9.89 Å². The summed E-state index contributed by atoms with van der Waals surface area (Å²) in [5.74, 6) is 0. The van der Waals surface area contributed by atoms with E-state index in [2.05, 4.69) is 37.6 Å². The van der Waals surface area contributed by atoms with Crippen LogP contribution in [0.4, 0.5) is 0 Å². The molecule has 2 heteroatoms. The average molecular weight is 128 g/mol. The molecule has 2 nitrogen and oxygen atoms in total. The molecule has 0 aliphatic carbocycles. The van der Waals surface area contributed by atoms with Crippen molar-refractivity contribution in [2.75, 3.05) is 20.6 Å². The van der Waals surface area contributed by atoms with Crippen LogP contribution in [-0.4, -0.2) is 38.3 Å². The molecule has 54 valence electrons. The van der Waals surface area contributed by atoms with Gasteiger partial charge >= 0.3 is 0 Å². The van der Waals surface area contributed by atoms with E-state index >= 15 is 0 Å². The normalized spacial score (nSPS) is 13.8. The molecule has 0 rings (SSSR count). The maximum absolute atomic E-state index is 3.78. The van der Waals surface area contributed by atoms with Crippen molar-refractivity contribution in [1.29, 1.82) is 0 Å². The van der Waals surface area contributed by atoms with E-state index in [0.29, 0.717) is 6.04 Å². The van der Waals surface area contributed by atoms with Crippen LogP contribution in [0.15, 0.2) is 4.99 Å². The third-order valence-corrected chi connectivity index (χ3v) is 1.59. The molecule has 0 aromatic carbocycles. The zero-order valence-electron chi connectivity index (χ0n) is 6.59. The molecular weight excluding hydrogens is 112 g/mol. The van der Waals surface area contributed by atoms with E-state index < -0.39 is 0 Å². The number of nitrogens with zero attached hydrogens (tertiary/aromatic N) is 2. The molecule has 0 radical (unpaired) electrons. The van der Waals surface area contributed by atoms with E-state index in [0.717, 1.165) is 13.0 Å². The summed E-state index contributed by atoms with van der Waals surface area (Å²) in [5.41, 5.74) is 0. The van der Waals surface area contributed by atoms with Gasteiger partial charge in [0.25, 0.3) is 0 Å². The molecule has 0 aromatic rings. The topological polar surface area (TPSA) is 15.6 Å². The van der Waals surface area contributed by atoms with Crippen LogP contribution in [0.25, 0.3) is 0 Å². The predicted octanol–water partition coefficient (Wildman–Crippen LogP) is 1.03. The van der Waals surface area contributed by atoms with Crippen LogP contribution < -0.4 is 0 Å². The van der Waals surface area contributed by atoms with Crippen molar-refractivity contribution in [3.8, 4) is 0 Å². The fourth-order valence-corrected chi connectivity index (χ4v) is 0.536. The first-order valence-electron chi connectivity index (χ1n) is 3.27. The molecule has 1 unspecified atom stereocenters. The Bertz CT molecular complexity index is 79.0. The molecule has 9 heavy (non-hydrogen) atoms. The highest BCUT2D eigenvalue weighted by molar-refractivity contribution is 5.23. The van der Waals surface area contributed by atoms with Gasteiger partial charge in [-0.1, -0.05) is 0 Å². The summed E-state index contributed by atoms with van der Waals surface area (Å²) in [6.07, 6.45) is 1.11. The predicted molar refractivity (Wildman–Crippen MR) is 42.2 cm³/mol. The van der Waals surface area contributed by atoms with E-state index in [-0.39, 0.29) is 0 Å². The molecule has 0 saturated heterocycles. The van der Waals surface area contributed by atoms with E-state index in [1.807, 2.05) is 0 Å². The summed E-state index contributed by atoms with van der Waals surface area (Å²) in [6, 6.07) is 0.621. The van der Waals surface area contributed by atoms with Crippen LogP contribution in [0.2, 0.25) is 0 Å². The minimum atomic E-state index is 0.621. The van der Waals surface area contributed by atoms with Gasteiger partial charge in [-0.25, -0.2) is 0 Å². The first-order valence-corrected chi connectivity index (χ1v) is 3.27. The summed E-state index contributed by atoms with van der Waals surface area (Å²) in [5, 5.41) is 0. The molecular formula is C7H16N2. The van der Waals surface area contributed by atoms with Crippen molar-refractivity contribution < 1.29 is 0 Å². The first kappa shape index (κ1) is 8.63. The Morgan fingerprint density at radius 2 is 2.11 bits per heavy atom. The standard InChI is InChI=1S/C7H16N2/c1-7(9(3)4)5-6-8-2/h7H,2,5-6H2,1,3-4H3. The molecule has 0 amide bonds. The van der Waals surface area contributed by atoms with Crippen LogP contribution in [0, 0.1) is 0 Å². The van der Waals surface area contributed by atoms with Crippen molar-refractivity contribution in [1.82, 2.24) is 4.90 Å². The lowest BCUT2D eigenvalue weighted by atomic mass is 10.2. The van der Waals surface area contributed by atoms with E-state index in [9.17, 15) is 0 Å². The maximum Gasteiger partial charge on any atom is 0.0396 e. The van der Waals surface area contributed by atoms with Gasteiger partial charge in [0.05, 0.1) is 0 Å². The summed E-state index contributed by atoms with van der Waals surface area (Å²) in [4.78, 5) is 5.97. The quantitative estimate of drug-likeness (QED) is 0.516. The lowest BCUT2D eigenvalue weighted by Crippen LogP contribution is -2.25. The fourth-order valence-electron chi connectivity index (χ4n) is 0.536. The summed E-state index contributed by atoms with van der Waals surface area (Å²) >= 11 is 0. The SMILES string of the molecule is C=NCCC(C)N(C)C. The third-order valence-electron chi connectivity index (χ3n) is 1.59. The van der Waals surface area contributed by atoms with Gasteiger partial charge in [0.15, 0.2) is 0 Å². The van der Waals surface area contributed by atoms with Crippen molar-refractivity contribution in [2.24, 2.45) is 4.99 Å². The minimum Gasteiger partial charge on any atom is -0.307 e. The number of rotatable bonds is 4. The average Bonchev–Trinajstić information content (AvgIpc) is 1.82. The van der Waals surface area contributed by atoms with Gasteiger partial charge in [0, 0.05) is 12.6 Å². The van der Waals surface area contributed by atoms with Crippen LogP contribution in [0.5, 0.6) is 0 Å². The minimum absolute atomic E-state index is 0.621. The van der Waals surface area contributed by atoms with Crippen LogP contribution in [-0.2, 0) is 0 Å². The molecule has 0 bridgehead atoms. The summed E-state index contributed by atoms with van der Waals surface area (Å²) in [6.45, 7) is 6.48. The van der Waals surface area contributed by atoms with E-state index in [4.69, 9.17) is 0 Å². The second-order valence-electron chi connectivity index (χ2n) is 2.55. The molecule has 0 fully saturated rings. The Balaban J connectivity index is 3.26. The Morgan fingerprint density at radius 1 is 1.56 bits per heavy atom. The second-order valence-corrected chi connectivity index (χ2v) is 2.55. The number of hydrogen-bond acceptors (Lipinski definition) is 2. The highest BCUT2D eigenvalue weighted by Gasteiger charge is 2.01. The van der Waals surface area contributed by atoms with Gasteiger partial charge in [-0.2, -0.15) is 0 Å². The Kier molecular flexibility index (Phi) is 4.32. The van der Waals surface area contributed by atoms with Gasteiger partial charge in [-0.3, -0.25) is 0 Å². The van der Waals surface area contributed by atoms with Gasteiger partial charge in [-0.05, 0) is 34.2 Å². The molecule has 0 heterocycles. The van der Waals surface area contributed by atoms with Gasteiger partial charge in [0.1, 0.15) is 0 Å². The van der Waals surface area contributed by atoms with Gasteiger partial charge in [0.2, 0.25) is 0 Å². The lowest BCUT2D eigenvalue weighted by molar-refractivity contribution is 0.302. The largest absolute Gasteiger partial charge is 0.307 e. The molecule has 0 aliphatic rings. The third kappa shape index (κ3) is 4.15. The highest BCUT2D eigenvalue weighted by Crippen LogP contribution is 1.96. The first-order chi connectivity index (χ1) is 4.18. The maximum atomic E-state index is 3.78. The summed E-state index contributed by atoms with van der Waals surface area (Å²) in [7, 11) is 4.15. The van der Waals surface area contributed by atoms with E-state index in [1.54, 1.807) is 0 Å². The molecule has 0 spiro atoms. The van der Waals surface area contributed by atoms with Crippen molar-refractivity contribution in [3.05, 3.63) is 0 Å². The smallest absolute Gasteiger partial charge is 0.0396 e. The zero-order chi connectivity index (χ0) is 7.28. The van der Waals surface area contributed by atoms with Crippen LogP contribution >= 0.6 is 0 Å². The molecule has 1 atom stereocenters. The van der Waals surface area contributed by atoms with Crippen LogP contribution in [0.1, 0.15) is 13.3 Å². The lowest BCUT2D eigenvalue weighted by Gasteiger charge is -2.17. The molecule has 0 N–H and O–H groups in total. The molecule has 0 saturated carbocycles. The van der Waals surface area contributed by atoms with Crippen molar-refractivity contribution in [2.45, 2.75) is 19.4 Å². The highest BCUT2D eigenvalue weighted by atomic mass is 15.1. The second kappa shape index (κ2) is 4.50. The number of hydrogen-bond donors (Lipinski definition) is 0. The van der Waals surface area contributed by atoms with Crippen LogP contribution in [0.3, 0.4) is 0 Å².